The lowest BCUT2D eigenvalue weighted by molar-refractivity contribution is -0.133. The minimum Gasteiger partial charge on any atom is -0.494 e. The highest BCUT2D eigenvalue weighted by atomic mass is 16.5. The van der Waals surface area contributed by atoms with Crippen molar-refractivity contribution < 1.29 is 9.53 Å². The zero-order chi connectivity index (χ0) is 15.2. The van der Waals surface area contributed by atoms with E-state index in [-0.39, 0.29) is 11.9 Å². The van der Waals surface area contributed by atoms with Crippen LogP contribution in [0.1, 0.15) is 50.3 Å². The fourth-order valence-corrected chi connectivity index (χ4v) is 2.69. The summed E-state index contributed by atoms with van der Waals surface area (Å²) in [5, 5.41) is 3.25. The molecule has 1 amide bonds. The fraction of sp³-hybridized carbons (Fsp3) is 0.588. The van der Waals surface area contributed by atoms with Gasteiger partial charge in [-0.25, -0.2) is 0 Å². The van der Waals surface area contributed by atoms with Crippen LogP contribution in [0.25, 0.3) is 0 Å². The molecule has 0 aliphatic carbocycles. The topological polar surface area (TPSA) is 41.6 Å². The molecule has 1 aliphatic rings. The summed E-state index contributed by atoms with van der Waals surface area (Å²) in [6.45, 7) is 6.27. The first-order valence-electron chi connectivity index (χ1n) is 7.86. The van der Waals surface area contributed by atoms with Gasteiger partial charge >= 0.3 is 0 Å². The maximum Gasteiger partial charge on any atom is 0.222 e. The average Bonchev–Trinajstić information content (AvgIpc) is 2.50. The molecule has 4 heteroatoms. The molecule has 1 aromatic rings. The smallest absolute Gasteiger partial charge is 0.222 e. The van der Waals surface area contributed by atoms with Crippen molar-refractivity contribution in [2.75, 3.05) is 20.2 Å². The second-order valence-electron chi connectivity index (χ2n) is 5.58. The lowest BCUT2D eigenvalue weighted by atomic mass is 10.0. The Morgan fingerprint density at radius 1 is 1.38 bits per heavy atom. The Balaban J connectivity index is 2.22. The molecule has 0 saturated carbocycles. The number of likely N-dealkylation sites (tertiary alicyclic amines) is 1. The molecule has 4 nitrogen and oxygen atoms in total. The molecule has 116 valence electrons. The van der Waals surface area contributed by atoms with Crippen LogP contribution in [0.3, 0.4) is 0 Å². The molecule has 1 aromatic carbocycles. The van der Waals surface area contributed by atoms with Crippen molar-refractivity contribution in [2.45, 2.75) is 45.7 Å². The second kappa shape index (κ2) is 7.46. The van der Waals surface area contributed by atoms with E-state index in [1.807, 2.05) is 24.9 Å². The first-order chi connectivity index (χ1) is 10.2. The van der Waals surface area contributed by atoms with Gasteiger partial charge in [0.05, 0.1) is 6.61 Å². The maximum atomic E-state index is 12.0. The average molecular weight is 290 g/mol. The van der Waals surface area contributed by atoms with Gasteiger partial charge in [0, 0.05) is 31.1 Å². The first-order valence-corrected chi connectivity index (χ1v) is 7.86. The summed E-state index contributed by atoms with van der Waals surface area (Å²) in [5.74, 6) is 1.15. The monoisotopic (exact) mass is 290 g/mol. The third-order valence-electron chi connectivity index (χ3n) is 4.10. The Morgan fingerprint density at radius 2 is 2.19 bits per heavy atom. The minimum atomic E-state index is 0.260. The van der Waals surface area contributed by atoms with Gasteiger partial charge in [0.25, 0.3) is 0 Å². The molecule has 21 heavy (non-hydrogen) atoms. The van der Waals surface area contributed by atoms with E-state index in [9.17, 15) is 4.79 Å². The van der Waals surface area contributed by atoms with Gasteiger partial charge in [-0.15, -0.1) is 0 Å². The number of amides is 1. The SMILES string of the molecule is CCOc1ccc(C(C)NC)cc1CN1CCCCC1=O. The summed E-state index contributed by atoms with van der Waals surface area (Å²) in [4.78, 5) is 14.0. The molecule has 0 aromatic heterocycles. The third-order valence-corrected chi connectivity index (χ3v) is 4.10. The van der Waals surface area contributed by atoms with Gasteiger partial charge in [-0.2, -0.15) is 0 Å². The number of hydrogen-bond acceptors (Lipinski definition) is 3. The van der Waals surface area contributed by atoms with E-state index >= 15 is 0 Å². The summed E-state index contributed by atoms with van der Waals surface area (Å²) in [6.07, 6.45) is 2.80. The van der Waals surface area contributed by atoms with Crippen LogP contribution in [-0.4, -0.2) is 31.0 Å². The lowest BCUT2D eigenvalue weighted by Crippen LogP contribution is -2.34. The Hall–Kier alpha value is -1.55. The van der Waals surface area contributed by atoms with Gasteiger partial charge < -0.3 is 15.0 Å². The van der Waals surface area contributed by atoms with Gasteiger partial charge in [0.15, 0.2) is 0 Å². The molecule has 0 spiro atoms. The number of nitrogens with zero attached hydrogens (tertiary/aromatic N) is 1. The molecular weight excluding hydrogens is 264 g/mol. The van der Waals surface area contributed by atoms with Crippen molar-refractivity contribution in [1.82, 2.24) is 10.2 Å². The normalized spacial score (nSPS) is 16.9. The van der Waals surface area contributed by atoms with Crippen molar-refractivity contribution in [3.8, 4) is 5.75 Å². The van der Waals surface area contributed by atoms with E-state index in [1.165, 1.54) is 5.56 Å². The molecule has 1 fully saturated rings. The maximum absolute atomic E-state index is 12.0. The fourth-order valence-electron chi connectivity index (χ4n) is 2.69. The highest BCUT2D eigenvalue weighted by molar-refractivity contribution is 5.76. The predicted octanol–water partition coefficient (Wildman–Crippen LogP) is 2.88. The number of ether oxygens (including phenoxy) is 1. The molecule has 1 unspecified atom stereocenters. The van der Waals surface area contributed by atoms with Gasteiger partial charge in [0.2, 0.25) is 5.91 Å². The van der Waals surface area contributed by atoms with Crippen LogP contribution in [0.4, 0.5) is 0 Å². The van der Waals surface area contributed by atoms with E-state index in [4.69, 9.17) is 4.74 Å². The van der Waals surface area contributed by atoms with Gasteiger partial charge in [-0.1, -0.05) is 6.07 Å². The summed E-state index contributed by atoms with van der Waals surface area (Å²) in [5.41, 5.74) is 2.33. The number of piperidine rings is 1. The van der Waals surface area contributed by atoms with Crippen LogP contribution in [0, 0.1) is 0 Å². The Morgan fingerprint density at radius 3 is 2.86 bits per heavy atom. The van der Waals surface area contributed by atoms with Crippen LogP contribution in [0.5, 0.6) is 5.75 Å². The summed E-state index contributed by atoms with van der Waals surface area (Å²) >= 11 is 0. The number of carbonyl (C=O) groups excluding carboxylic acids is 1. The number of nitrogens with one attached hydrogen (secondary N) is 1. The van der Waals surface area contributed by atoms with Crippen LogP contribution < -0.4 is 10.1 Å². The van der Waals surface area contributed by atoms with Crippen LogP contribution in [0.15, 0.2) is 18.2 Å². The Kier molecular flexibility index (Phi) is 5.62. The number of hydrogen-bond donors (Lipinski definition) is 1. The summed E-state index contributed by atoms with van der Waals surface area (Å²) in [7, 11) is 1.95. The molecule has 1 aliphatic heterocycles. The molecule has 1 saturated heterocycles. The van der Waals surface area contributed by atoms with Crippen LogP contribution in [-0.2, 0) is 11.3 Å². The first kappa shape index (κ1) is 15.8. The quantitative estimate of drug-likeness (QED) is 0.876. The van der Waals surface area contributed by atoms with Crippen molar-refractivity contribution in [3.63, 3.8) is 0 Å². The third kappa shape index (κ3) is 3.97. The minimum absolute atomic E-state index is 0.260. The zero-order valence-electron chi connectivity index (χ0n) is 13.3. The van der Waals surface area contributed by atoms with Crippen molar-refractivity contribution >= 4 is 5.91 Å². The zero-order valence-corrected chi connectivity index (χ0v) is 13.3. The van der Waals surface area contributed by atoms with Crippen molar-refractivity contribution in [3.05, 3.63) is 29.3 Å². The van der Waals surface area contributed by atoms with E-state index < -0.39 is 0 Å². The van der Waals surface area contributed by atoms with Crippen LogP contribution in [0.2, 0.25) is 0 Å². The molecule has 1 atom stereocenters. The number of benzene rings is 1. The molecule has 0 radical (unpaired) electrons. The van der Waals surface area contributed by atoms with Crippen LogP contribution >= 0.6 is 0 Å². The highest BCUT2D eigenvalue weighted by Crippen LogP contribution is 2.26. The predicted molar refractivity (Wildman–Crippen MR) is 84.4 cm³/mol. The molecule has 0 bridgehead atoms. The van der Waals surface area contributed by atoms with E-state index in [1.54, 1.807) is 0 Å². The molecule has 2 rings (SSSR count). The standard InChI is InChI=1S/C17H26N2O2/c1-4-21-16-9-8-14(13(2)18-3)11-15(16)12-19-10-6-5-7-17(19)20/h8-9,11,13,18H,4-7,10,12H2,1-3H3. The lowest BCUT2D eigenvalue weighted by Gasteiger charge is -2.28. The highest BCUT2D eigenvalue weighted by Gasteiger charge is 2.20. The van der Waals surface area contributed by atoms with Crippen molar-refractivity contribution in [2.24, 2.45) is 0 Å². The van der Waals surface area contributed by atoms with E-state index in [2.05, 4.69) is 24.4 Å². The largest absolute Gasteiger partial charge is 0.494 e. The number of rotatable bonds is 6. The van der Waals surface area contributed by atoms with Gasteiger partial charge in [-0.05, 0) is 51.4 Å². The molecule has 1 heterocycles. The Labute approximate surface area is 127 Å². The summed E-state index contributed by atoms with van der Waals surface area (Å²) in [6, 6.07) is 6.56. The summed E-state index contributed by atoms with van der Waals surface area (Å²) < 4.78 is 5.72. The molecule has 1 N–H and O–H groups in total. The molecular formula is C17H26N2O2. The van der Waals surface area contributed by atoms with E-state index in [0.717, 1.165) is 30.7 Å². The van der Waals surface area contributed by atoms with Gasteiger partial charge in [-0.3, -0.25) is 4.79 Å². The number of carbonyl (C=O) groups is 1. The second-order valence-corrected chi connectivity index (χ2v) is 5.58. The Bertz CT molecular complexity index is 488. The van der Waals surface area contributed by atoms with Crippen molar-refractivity contribution in [1.29, 1.82) is 0 Å². The van der Waals surface area contributed by atoms with E-state index in [0.29, 0.717) is 19.6 Å². The van der Waals surface area contributed by atoms with Gasteiger partial charge in [0.1, 0.15) is 5.75 Å².